The number of nitrogens with zero attached hydrogens (tertiary/aromatic N) is 1. The first-order valence-electron chi connectivity index (χ1n) is 8.40. The van der Waals surface area contributed by atoms with Crippen molar-refractivity contribution in [3.05, 3.63) is 28.2 Å². The highest BCUT2D eigenvalue weighted by atomic mass is 79.9. The molecule has 1 heterocycles. The summed E-state index contributed by atoms with van der Waals surface area (Å²) >= 11 is 3.44. The average molecular weight is 432 g/mol. The fourth-order valence-corrected chi connectivity index (χ4v) is 5.36. The van der Waals surface area contributed by atoms with Gasteiger partial charge < -0.3 is 9.64 Å². The number of ether oxygens (including phenoxy) is 1. The lowest BCUT2D eigenvalue weighted by Gasteiger charge is -2.24. The van der Waals surface area contributed by atoms with Crippen molar-refractivity contribution < 1.29 is 17.9 Å². The van der Waals surface area contributed by atoms with Crippen LogP contribution in [0, 0.1) is 0 Å². The Bertz CT molecular complexity index is 740. The average Bonchev–Trinajstić information content (AvgIpc) is 3.02. The quantitative estimate of drug-likeness (QED) is 0.717. The molecule has 1 aliphatic rings. The lowest BCUT2D eigenvalue weighted by molar-refractivity contribution is -0.130. The molecule has 0 bridgehead atoms. The van der Waals surface area contributed by atoms with Gasteiger partial charge in [-0.05, 0) is 67.2 Å². The highest BCUT2D eigenvalue weighted by Gasteiger charge is 2.41. The van der Waals surface area contributed by atoms with Gasteiger partial charge in [-0.1, -0.05) is 6.07 Å². The number of amides is 1. The van der Waals surface area contributed by atoms with Crippen molar-refractivity contribution in [2.45, 2.75) is 50.0 Å². The molecule has 0 radical (unpaired) electrons. The summed E-state index contributed by atoms with van der Waals surface area (Å²) < 4.78 is 30.4. The first kappa shape index (κ1) is 20.2. The summed E-state index contributed by atoms with van der Waals surface area (Å²) in [5.74, 6) is 0.767. The summed E-state index contributed by atoms with van der Waals surface area (Å²) in [6.45, 7) is 5.98. The number of rotatable bonds is 5. The van der Waals surface area contributed by atoms with Crippen LogP contribution in [0.4, 0.5) is 0 Å². The van der Waals surface area contributed by atoms with E-state index in [2.05, 4.69) is 15.9 Å². The van der Waals surface area contributed by atoms with Gasteiger partial charge in [0.05, 0.1) is 21.6 Å². The Balaban J connectivity index is 1.94. The number of aryl methyl sites for hydroxylation is 1. The van der Waals surface area contributed by atoms with E-state index in [4.69, 9.17) is 4.74 Å². The molecule has 5 nitrogen and oxygen atoms in total. The minimum atomic E-state index is -3.24. The van der Waals surface area contributed by atoms with E-state index in [1.54, 1.807) is 32.8 Å². The lowest BCUT2D eigenvalue weighted by Crippen LogP contribution is -2.39. The van der Waals surface area contributed by atoms with E-state index >= 15 is 0 Å². The molecule has 1 amide bonds. The number of carbonyl (C=O) groups excluding carboxylic acids is 1. The Kier molecular flexibility index (Phi) is 6.20. The first-order chi connectivity index (χ1) is 11.6. The van der Waals surface area contributed by atoms with E-state index in [1.165, 1.54) is 0 Å². The molecule has 1 atom stereocenters. The second-order valence-corrected chi connectivity index (χ2v) is 11.2. The van der Waals surface area contributed by atoms with Crippen LogP contribution in [0.15, 0.2) is 22.7 Å². The summed E-state index contributed by atoms with van der Waals surface area (Å²) in [5, 5.41) is -0.452. The van der Waals surface area contributed by atoms with Gasteiger partial charge in [-0.2, -0.15) is 0 Å². The second kappa shape index (κ2) is 7.66. The second-order valence-electron chi connectivity index (χ2n) is 7.38. The van der Waals surface area contributed by atoms with E-state index < -0.39 is 19.8 Å². The molecule has 1 unspecified atom stereocenters. The number of hydrogen-bond donors (Lipinski definition) is 0. The zero-order chi connectivity index (χ0) is 18.8. The van der Waals surface area contributed by atoms with Gasteiger partial charge in [-0.25, -0.2) is 8.42 Å². The van der Waals surface area contributed by atoms with Crippen molar-refractivity contribution >= 4 is 31.7 Å². The third kappa shape index (κ3) is 4.56. The summed E-state index contributed by atoms with van der Waals surface area (Å²) in [7, 11) is -1.63. The SMILES string of the molecule is COc1ccc(CCC(=O)N2CCC(S(=O)(=O)C(C)(C)C)C2)cc1Br. The van der Waals surface area contributed by atoms with Crippen LogP contribution >= 0.6 is 15.9 Å². The van der Waals surface area contributed by atoms with Crippen LogP contribution in [0.2, 0.25) is 0 Å². The molecule has 1 saturated heterocycles. The van der Waals surface area contributed by atoms with Crippen LogP contribution in [-0.2, 0) is 21.1 Å². The molecule has 0 aromatic heterocycles. The smallest absolute Gasteiger partial charge is 0.222 e. The number of halogens is 1. The molecular formula is C18H26BrNO4S. The van der Waals surface area contributed by atoms with Gasteiger partial charge in [-0.3, -0.25) is 4.79 Å². The molecule has 0 spiro atoms. The van der Waals surface area contributed by atoms with Gasteiger partial charge in [0.2, 0.25) is 5.91 Å². The summed E-state index contributed by atoms with van der Waals surface area (Å²) in [5.41, 5.74) is 1.04. The molecule has 2 rings (SSSR count). The van der Waals surface area contributed by atoms with Crippen molar-refractivity contribution in [3.63, 3.8) is 0 Å². The third-order valence-electron chi connectivity index (χ3n) is 4.63. The maximum atomic E-state index is 12.5. The Hall–Kier alpha value is -1.08. The van der Waals surface area contributed by atoms with Gasteiger partial charge in [0.15, 0.2) is 9.84 Å². The molecule has 140 valence electrons. The molecular weight excluding hydrogens is 406 g/mol. The van der Waals surface area contributed by atoms with Gasteiger partial charge in [0, 0.05) is 19.5 Å². The standard InChI is InChI=1S/C18H26BrNO4S/c1-18(2,3)25(22,23)14-9-10-20(12-14)17(21)8-6-13-5-7-16(24-4)15(19)11-13/h5,7,11,14H,6,8-10,12H2,1-4H3. The van der Waals surface area contributed by atoms with Gasteiger partial charge in [0.1, 0.15) is 5.75 Å². The summed E-state index contributed by atoms with van der Waals surface area (Å²) in [4.78, 5) is 14.1. The van der Waals surface area contributed by atoms with Crippen molar-refractivity contribution in [2.75, 3.05) is 20.2 Å². The summed E-state index contributed by atoms with van der Waals surface area (Å²) in [6, 6.07) is 5.75. The van der Waals surface area contributed by atoms with Crippen molar-refractivity contribution in [1.29, 1.82) is 0 Å². The fraction of sp³-hybridized carbons (Fsp3) is 0.611. The zero-order valence-corrected chi connectivity index (χ0v) is 17.6. The number of carbonyl (C=O) groups is 1. The summed E-state index contributed by atoms with van der Waals surface area (Å²) in [6.07, 6.45) is 1.52. The Labute approximate surface area is 158 Å². The molecule has 0 aliphatic carbocycles. The number of hydrogen-bond acceptors (Lipinski definition) is 4. The number of likely N-dealkylation sites (tertiary alicyclic amines) is 1. The third-order valence-corrected chi connectivity index (χ3v) is 8.22. The van der Waals surface area contributed by atoms with Crippen molar-refractivity contribution in [3.8, 4) is 5.75 Å². The molecule has 1 aliphatic heterocycles. The monoisotopic (exact) mass is 431 g/mol. The molecule has 0 N–H and O–H groups in total. The van der Waals surface area contributed by atoms with E-state index in [-0.39, 0.29) is 5.91 Å². The molecule has 7 heteroatoms. The zero-order valence-electron chi connectivity index (χ0n) is 15.2. The molecule has 0 saturated carbocycles. The molecule has 25 heavy (non-hydrogen) atoms. The van der Waals surface area contributed by atoms with Crippen LogP contribution in [0.5, 0.6) is 5.75 Å². The lowest BCUT2D eigenvalue weighted by atomic mass is 10.1. The van der Waals surface area contributed by atoms with E-state index in [0.717, 1.165) is 15.8 Å². The van der Waals surface area contributed by atoms with Crippen molar-refractivity contribution in [2.24, 2.45) is 0 Å². The predicted molar refractivity (Wildman–Crippen MR) is 103 cm³/mol. The normalized spacial score (nSPS) is 18.4. The Morgan fingerprint density at radius 1 is 1.36 bits per heavy atom. The maximum Gasteiger partial charge on any atom is 0.222 e. The molecule has 1 fully saturated rings. The highest BCUT2D eigenvalue weighted by Crippen LogP contribution is 2.28. The van der Waals surface area contributed by atoms with E-state index in [1.807, 2.05) is 18.2 Å². The van der Waals surface area contributed by atoms with Crippen molar-refractivity contribution in [1.82, 2.24) is 4.90 Å². The first-order valence-corrected chi connectivity index (χ1v) is 10.7. The minimum Gasteiger partial charge on any atom is -0.496 e. The van der Waals surface area contributed by atoms with Crippen LogP contribution < -0.4 is 4.74 Å². The van der Waals surface area contributed by atoms with Crippen LogP contribution in [0.25, 0.3) is 0 Å². The molecule has 1 aromatic carbocycles. The van der Waals surface area contributed by atoms with Crippen LogP contribution in [-0.4, -0.2) is 49.4 Å². The van der Waals surface area contributed by atoms with Gasteiger partial charge in [0.25, 0.3) is 0 Å². The minimum absolute atomic E-state index is 0.0125. The highest BCUT2D eigenvalue weighted by molar-refractivity contribution is 9.10. The van der Waals surface area contributed by atoms with Gasteiger partial charge >= 0.3 is 0 Å². The Morgan fingerprint density at radius 2 is 2.04 bits per heavy atom. The largest absolute Gasteiger partial charge is 0.496 e. The van der Waals surface area contributed by atoms with E-state index in [0.29, 0.717) is 32.4 Å². The molecule has 1 aromatic rings. The van der Waals surface area contributed by atoms with Crippen LogP contribution in [0.1, 0.15) is 39.2 Å². The fourth-order valence-electron chi connectivity index (χ4n) is 2.98. The predicted octanol–water partition coefficient (Wildman–Crippen LogP) is 3.20. The van der Waals surface area contributed by atoms with Gasteiger partial charge in [-0.15, -0.1) is 0 Å². The topological polar surface area (TPSA) is 63.7 Å². The van der Waals surface area contributed by atoms with E-state index in [9.17, 15) is 13.2 Å². The number of sulfone groups is 1. The maximum absolute atomic E-state index is 12.5. The number of benzene rings is 1. The van der Waals surface area contributed by atoms with Crippen LogP contribution in [0.3, 0.4) is 0 Å². The number of methoxy groups -OCH3 is 1. The Morgan fingerprint density at radius 3 is 2.60 bits per heavy atom.